The van der Waals surface area contributed by atoms with Crippen LogP contribution in [0.4, 0.5) is 0 Å². The second-order valence-electron chi connectivity index (χ2n) is 5.30. The Morgan fingerprint density at radius 1 is 1.24 bits per heavy atom. The SMILES string of the molecule is CC(=O)c1cn([C@H]2OC[C@@H](O)[C@@H](O)[C@@H]2O)c2ccccc12. The molecule has 3 rings (SSSR count). The van der Waals surface area contributed by atoms with Gasteiger partial charge in [-0.25, -0.2) is 0 Å². The standard InChI is InChI=1S/C15H17NO5/c1-8(17)10-6-16(11-5-3-2-4-9(10)11)15-14(20)13(19)12(18)7-21-15/h2-6,12-15,18-20H,7H2,1H3/t12-,13-,14+,15+/m1/s1. The first-order valence-corrected chi connectivity index (χ1v) is 6.77. The number of ether oxygens (including phenoxy) is 1. The van der Waals surface area contributed by atoms with E-state index in [1.165, 1.54) is 6.92 Å². The molecule has 1 aromatic heterocycles. The molecule has 2 heterocycles. The first kappa shape index (κ1) is 14.2. The van der Waals surface area contributed by atoms with Crippen LogP contribution in [0.25, 0.3) is 10.9 Å². The Morgan fingerprint density at radius 3 is 2.67 bits per heavy atom. The predicted molar refractivity (Wildman–Crippen MR) is 75.0 cm³/mol. The molecule has 112 valence electrons. The maximum Gasteiger partial charge on any atom is 0.162 e. The highest BCUT2D eigenvalue weighted by molar-refractivity contribution is 6.07. The zero-order valence-electron chi connectivity index (χ0n) is 11.5. The lowest BCUT2D eigenvalue weighted by molar-refractivity contribution is -0.209. The number of ketones is 1. The van der Waals surface area contributed by atoms with Crippen molar-refractivity contribution in [3.05, 3.63) is 36.0 Å². The molecule has 6 nitrogen and oxygen atoms in total. The number of benzene rings is 1. The molecule has 21 heavy (non-hydrogen) atoms. The van der Waals surface area contributed by atoms with Crippen LogP contribution in [0.15, 0.2) is 30.5 Å². The number of aliphatic hydroxyl groups excluding tert-OH is 3. The van der Waals surface area contributed by atoms with Crippen LogP contribution in [0, 0.1) is 0 Å². The van der Waals surface area contributed by atoms with E-state index in [2.05, 4.69) is 0 Å². The Kier molecular flexibility index (Phi) is 3.54. The minimum absolute atomic E-state index is 0.0786. The third-order valence-corrected chi connectivity index (χ3v) is 3.87. The maximum atomic E-state index is 11.7. The van der Waals surface area contributed by atoms with Gasteiger partial charge in [0.15, 0.2) is 12.0 Å². The van der Waals surface area contributed by atoms with Crippen LogP contribution in [0.3, 0.4) is 0 Å². The van der Waals surface area contributed by atoms with Crippen LogP contribution < -0.4 is 0 Å². The number of nitrogens with zero attached hydrogens (tertiary/aromatic N) is 1. The molecule has 0 radical (unpaired) electrons. The lowest BCUT2D eigenvalue weighted by Gasteiger charge is -2.36. The summed E-state index contributed by atoms with van der Waals surface area (Å²) in [5.41, 5.74) is 1.26. The molecule has 4 atom stereocenters. The van der Waals surface area contributed by atoms with Crippen molar-refractivity contribution >= 4 is 16.7 Å². The van der Waals surface area contributed by atoms with Gasteiger partial charge < -0.3 is 24.6 Å². The average Bonchev–Trinajstić information content (AvgIpc) is 2.85. The van der Waals surface area contributed by atoms with Crippen LogP contribution in [0.2, 0.25) is 0 Å². The molecule has 0 unspecified atom stereocenters. The van der Waals surface area contributed by atoms with Crippen LogP contribution in [0.5, 0.6) is 0 Å². The quantitative estimate of drug-likeness (QED) is 0.699. The van der Waals surface area contributed by atoms with Gasteiger partial charge in [0.1, 0.15) is 18.3 Å². The zero-order chi connectivity index (χ0) is 15.1. The molecule has 2 aromatic rings. The molecule has 1 aliphatic heterocycles. The van der Waals surface area contributed by atoms with Crippen molar-refractivity contribution in [2.24, 2.45) is 0 Å². The molecule has 0 aliphatic carbocycles. The molecule has 1 aliphatic rings. The van der Waals surface area contributed by atoms with Gasteiger partial charge in [-0.2, -0.15) is 0 Å². The van der Waals surface area contributed by atoms with Crippen molar-refractivity contribution in [1.82, 2.24) is 4.57 Å². The fraction of sp³-hybridized carbons (Fsp3) is 0.400. The maximum absolute atomic E-state index is 11.7. The summed E-state index contributed by atoms with van der Waals surface area (Å²) < 4.78 is 7.08. The van der Waals surface area contributed by atoms with Crippen LogP contribution in [-0.2, 0) is 4.74 Å². The Balaban J connectivity index is 2.10. The summed E-state index contributed by atoms with van der Waals surface area (Å²) in [4.78, 5) is 11.7. The minimum atomic E-state index is -1.29. The van der Waals surface area contributed by atoms with Gasteiger partial charge in [-0.15, -0.1) is 0 Å². The Hall–Kier alpha value is -1.73. The molecule has 1 aromatic carbocycles. The largest absolute Gasteiger partial charge is 0.388 e. The normalized spacial score (nSPS) is 29.7. The first-order chi connectivity index (χ1) is 10.0. The van der Waals surface area contributed by atoms with E-state index in [-0.39, 0.29) is 12.4 Å². The van der Waals surface area contributed by atoms with Crippen molar-refractivity contribution in [3.63, 3.8) is 0 Å². The molecule has 3 N–H and O–H groups in total. The fourth-order valence-electron chi connectivity index (χ4n) is 2.73. The smallest absolute Gasteiger partial charge is 0.162 e. The van der Waals surface area contributed by atoms with Crippen molar-refractivity contribution in [1.29, 1.82) is 0 Å². The molecule has 1 fully saturated rings. The van der Waals surface area contributed by atoms with E-state index < -0.39 is 24.5 Å². The number of para-hydroxylation sites is 1. The molecule has 6 heteroatoms. The number of aromatic nitrogens is 1. The van der Waals surface area contributed by atoms with E-state index >= 15 is 0 Å². The summed E-state index contributed by atoms with van der Waals surface area (Å²) in [5.74, 6) is -0.0872. The van der Waals surface area contributed by atoms with Gasteiger partial charge in [0.2, 0.25) is 0 Å². The van der Waals surface area contributed by atoms with Crippen LogP contribution in [-0.4, -0.2) is 50.6 Å². The zero-order valence-corrected chi connectivity index (χ0v) is 11.5. The number of aliphatic hydroxyl groups is 3. The summed E-state index contributed by atoms with van der Waals surface area (Å²) in [6, 6.07) is 7.29. The van der Waals surface area contributed by atoms with E-state index in [9.17, 15) is 20.1 Å². The van der Waals surface area contributed by atoms with Crippen molar-refractivity contribution in [2.45, 2.75) is 31.5 Å². The van der Waals surface area contributed by atoms with Gasteiger partial charge >= 0.3 is 0 Å². The first-order valence-electron chi connectivity index (χ1n) is 6.77. The molecular weight excluding hydrogens is 274 g/mol. The van der Waals surface area contributed by atoms with Gasteiger partial charge in [-0.3, -0.25) is 4.79 Å². The minimum Gasteiger partial charge on any atom is -0.388 e. The van der Waals surface area contributed by atoms with Gasteiger partial charge in [-0.1, -0.05) is 18.2 Å². The molecule has 0 saturated carbocycles. The number of rotatable bonds is 2. The van der Waals surface area contributed by atoms with Gasteiger partial charge in [0, 0.05) is 17.1 Å². The highest BCUT2D eigenvalue weighted by atomic mass is 16.5. The number of hydrogen-bond acceptors (Lipinski definition) is 5. The number of fused-ring (bicyclic) bond motifs is 1. The Labute approximate surface area is 121 Å². The lowest BCUT2D eigenvalue weighted by atomic mass is 10.0. The fourth-order valence-corrected chi connectivity index (χ4v) is 2.73. The van der Waals surface area contributed by atoms with Crippen molar-refractivity contribution < 1.29 is 24.9 Å². The summed E-state index contributed by atoms with van der Waals surface area (Å²) in [6.45, 7) is 1.40. The number of carbonyl (C=O) groups is 1. The predicted octanol–water partition coefficient (Wildman–Crippen LogP) is 0.455. The van der Waals surface area contributed by atoms with Gasteiger partial charge in [-0.05, 0) is 13.0 Å². The summed E-state index contributed by atoms with van der Waals surface area (Å²) in [5, 5.41) is 30.2. The third-order valence-electron chi connectivity index (χ3n) is 3.87. The van der Waals surface area contributed by atoms with Crippen molar-refractivity contribution in [3.8, 4) is 0 Å². The highest BCUT2D eigenvalue weighted by Gasteiger charge is 2.39. The molecule has 0 amide bonds. The van der Waals surface area contributed by atoms with E-state index in [1.54, 1.807) is 10.8 Å². The summed E-state index contributed by atoms with van der Waals surface area (Å²) in [7, 11) is 0. The van der Waals surface area contributed by atoms with E-state index in [1.807, 2.05) is 24.3 Å². The Morgan fingerprint density at radius 2 is 1.95 bits per heavy atom. The molecule has 0 bridgehead atoms. The lowest BCUT2D eigenvalue weighted by Crippen LogP contribution is -2.50. The van der Waals surface area contributed by atoms with Crippen LogP contribution in [0.1, 0.15) is 23.5 Å². The topological polar surface area (TPSA) is 91.9 Å². The average molecular weight is 291 g/mol. The highest BCUT2D eigenvalue weighted by Crippen LogP contribution is 2.31. The van der Waals surface area contributed by atoms with Crippen molar-refractivity contribution in [2.75, 3.05) is 6.61 Å². The molecule has 1 saturated heterocycles. The van der Waals surface area contributed by atoms with Gasteiger partial charge in [0.05, 0.1) is 12.1 Å². The second-order valence-corrected chi connectivity index (χ2v) is 5.30. The summed E-state index contributed by atoms with van der Waals surface area (Å²) >= 11 is 0. The second kappa shape index (κ2) is 5.23. The number of Topliss-reactive ketones (excluding diaryl/α,β-unsaturated/α-hetero) is 1. The van der Waals surface area contributed by atoms with E-state index in [0.717, 1.165) is 10.9 Å². The van der Waals surface area contributed by atoms with E-state index in [4.69, 9.17) is 4.74 Å². The third kappa shape index (κ3) is 2.26. The van der Waals surface area contributed by atoms with Gasteiger partial charge in [0.25, 0.3) is 0 Å². The van der Waals surface area contributed by atoms with Crippen LogP contribution >= 0.6 is 0 Å². The number of carbonyl (C=O) groups excluding carboxylic acids is 1. The Bertz CT molecular complexity index is 680. The summed E-state index contributed by atoms with van der Waals surface area (Å²) in [6.07, 6.45) is -2.91. The molecule has 0 spiro atoms. The van der Waals surface area contributed by atoms with E-state index in [0.29, 0.717) is 5.56 Å². The number of hydrogen-bond donors (Lipinski definition) is 3. The molecular formula is C15H17NO5. The monoisotopic (exact) mass is 291 g/mol.